The Morgan fingerprint density at radius 2 is 1.62 bits per heavy atom. The van der Waals surface area contributed by atoms with Gasteiger partial charge >= 0.3 is 88.7 Å². The van der Waals surface area contributed by atoms with Gasteiger partial charge < -0.3 is 19.0 Å². The molecule has 1 amide bonds. The van der Waals surface area contributed by atoms with Gasteiger partial charge in [-0.15, -0.1) is 0 Å². The van der Waals surface area contributed by atoms with Crippen molar-refractivity contribution in [1.29, 1.82) is 0 Å². The maximum atomic E-state index is 12.9. The molecule has 1 aliphatic heterocycles. The van der Waals surface area contributed by atoms with Gasteiger partial charge in [-0.25, -0.2) is 25.3 Å². The Hall–Kier alpha value is -0.330. The predicted molar refractivity (Wildman–Crippen MR) is 127 cm³/mol. The second-order valence-corrected chi connectivity index (χ2v) is 12.5. The molecule has 0 spiro atoms. The van der Waals surface area contributed by atoms with Crippen molar-refractivity contribution in [3.8, 4) is 0 Å². The molecule has 0 N–H and O–H groups in total. The van der Waals surface area contributed by atoms with E-state index in [0.717, 1.165) is 17.1 Å². The van der Waals surface area contributed by atoms with Crippen molar-refractivity contribution in [2.75, 3.05) is 17.4 Å². The Balaban J connectivity index is 0.00000560. The minimum absolute atomic E-state index is 0. The topological polar surface area (TPSA) is 255 Å². The third kappa shape index (κ3) is 10.6. The van der Waals surface area contributed by atoms with Crippen LogP contribution >= 0.6 is 11.6 Å². The van der Waals surface area contributed by atoms with Crippen LogP contribution in [-0.4, -0.2) is 70.3 Å². The van der Waals surface area contributed by atoms with E-state index in [2.05, 4.69) is 19.5 Å². The van der Waals surface area contributed by atoms with E-state index in [4.69, 9.17) is 11.6 Å². The molecule has 0 saturated heterocycles. The number of rotatable bonds is 10. The number of nitrogens with zero attached hydrogens (tertiary/aromatic N) is 4. The molecule has 2 aromatic carbocycles. The molecule has 0 aromatic heterocycles. The molecule has 2 aromatic rings. The van der Waals surface area contributed by atoms with E-state index < -0.39 is 81.8 Å². The third-order valence-corrected chi connectivity index (χ3v) is 8.26. The summed E-state index contributed by atoms with van der Waals surface area (Å²) in [6.45, 7) is 0.467. The minimum Gasteiger partial charge on any atom is -0.744 e. The molecular weight excluding hydrogens is 677 g/mol. The summed E-state index contributed by atoms with van der Waals surface area (Å²) in [6.07, 6.45) is 0. The number of aromatic carboxylic acids is 1. The van der Waals surface area contributed by atoms with Crippen molar-refractivity contribution in [3.63, 3.8) is 0 Å². The molecular formula is C19H14ClN4Na3O12S3. The fourth-order valence-corrected chi connectivity index (χ4v) is 5.54. The van der Waals surface area contributed by atoms with Gasteiger partial charge in [0, 0.05) is 5.56 Å². The van der Waals surface area contributed by atoms with Crippen LogP contribution in [0, 0.1) is 0 Å². The van der Waals surface area contributed by atoms with Crippen molar-refractivity contribution < 1.29 is 142 Å². The van der Waals surface area contributed by atoms with Crippen LogP contribution in [0.25, 0.3) is 0 Å². The Labute approximate surface area is 311 Å². The van der Waals surface area contributed by atoms with Gasteiger partial charge in [0.25, 0.3) is 5.91 Å². The van der Waals surface area contributed by atoms with E-state index in [1.165, 1.54) is 19.1 Å². The van der Waals surface area contributed by atoms with Crippen LogP contribution in [0.3, 0.4) is 0 Å². The average Bonchev–Trinajstić information content (AvgIpc) is 3.09. The summed E-state index contributed by atoms with van der Waals surface area (Å²) in [5.74, 6) is -3.43. The van der Waals surface area contributed by atoms with Gasteiger partial charge in [-0.05, 0) is 43.3 Å². The van der Waals surface area contributed by atoms with Crippen LogP contribution in [0.15, 0.2) is 61.5 Å². The fourth-order valence-electron chi connectivity index (χ4n) is 3.13. The van der Waals surface area contributed by atoms with Crippen LogP contribution in [0.2, 0.25) is 5.02 Å². The molecule has 1 atom stereocenters. The zero-order valence-corrected chi connectivity index (χ0v) is 31.5. The molecule has 0 saturated carbocycles. The first-order chi connectivity index (χ1) is 17.9. The summed E-state index contributed by atoms with van der Waals surface area (Å²) < 4.78 is 94.6. The number of halogens is 1. The molecule has 1 unspecified atom stereocenters. The summed E-state index contributed by atoms with van der Waals surface area (Å²) in [6, 6.07) is 4.34. The molecule has 23 heteroatoms. The SMILES string of the molecule is CC1=NN(c2ccc(S(=O)(=O)CCOS(=O)(=O)[O-])cc2)C(=O)C1N=Nc1cc(C(=O)[O-])c(Cl)cc1S(=O)(=O)[O-].[Na+].[Na+].[Na+]. The van der Waals surface area contributed by atoms with Gasteiger partial charge in [0.15, 0.2) is 15.9 Å². The van der Waals surface area contributed by atoms with E-state index in [1.54, 1.807) is 0 Å². The third-order valence-electron chi connectivity index (χ3n) is 4.94. The quantitative estimate of drug-likeness (QED) is 0.0975. The zero-order valence-electron chi connectivity index (χ0n) is 22.2. The monoisotopic (exact) mass is 690 g/mol. The minimum atomic E-state index is -5.18. The Bertz CT molecular complexity index is 1740. The molecule has 3 rings (SSSR count). The number of hydrazone groups is 1. The van der Waals surface area contributed by atoms with E-state index in [-0.39, 0.29) is 105 Å². The van der Waals surface area contributed by atoms with Crippen molar-refractivity contribution in [1.82, 2.24) is 0 Å². The summed E-state index contributed by atoms with van der Waals surface area (Å²) in [7, 11) is -14.3. The summed E-state index contributed by atoms with van der Waals surface area (Å²) >= 11 is 5.69. The van der Waals surface area contributed by atoms with Crippen LogP contribution in [-0.2, 0) is 39.3 Å². The number of anilines is 1. The number of amides is 1. The molecule has 1 aliphatic rings. The summed E-state index contributed by atoms with van der Waals surface area (Å²) in [5, 5.41) is 22.7. The first-order valence-electron chi connectivity index (χ1n) is 10.1. The van der Waals surface area contributed by atoms with Gasteiger partial charge in [0.2, 0.25) is 10.4 Å². The second-order valence-electron chi connectivity index (χ2n) is 7.59. The number of carboxylic acid groups (broad SMARTS) is 1. The predicted octanol–water partition coefficient (Wildman–Crippen LogP) is -9.25. The van der Waals surface area contributed by atoms with Crippen molar-refractivity contribution in [3.05, 3.63) is 47.0 Å². The van der Waals surface area contributed by atoms with E-state index in [0.29, 0.717) is 12.1 Å². The van der Waals surface area contributed by atoms with E-state index in [1.807, 2.05) is 0 Å². The number of carbonyl (C=O) groups is 2. The van der Waals surface area contributed by atoms with Crippen LogP contribution in [0.5, 0.6) is 0 Å². The number of carboxylic acids is 1. The van der Waals surface area contributed by atoms with Gasteiger partial charge in [-0.3, -0.25) is 8.98 Å². The maximum absolute atomic E-state index is 12.9. The van der Waals surface area contributed by atoms with E-state index in [9.17, 15) is 49.1 Å². The number of hydrogen-bond donors (Lipinski definition) is 0. The Morgan fingerprint density at radius 3 is 2.12 bits per heavy atom. The molecule has 42 heavy (non-hydrogen) atoms. The van der Waals surface area contributed by atoms with Crippen LogP contribution < -0.4 is 98.8 Å². The summed E-state index contributed by atoms with van der Waals surface area (Å²) in [5.41, 5.74) is -1.27. The fraction of sp³-hybridized carbons (Fsp3) is 0.211. The van der Waals surface area contributed by atoms with Crippen molar-refractivity contribution in [2.45, 2.75) is 22.8 Å². The van der Waals surface area contributed by atoms with Crippen molar-refractivity contribution in [2.24, 2.45) is 15.3 Å². The Kier molecular flexibility index (Phi) is 16.2. The van der Waals surface area contributed by atoms with E-state index >= 15 is 0 Å². The number of azo groups is 1. The average molecular weight is 691 g/mol. The largest absolute Gasteiger partial charge is 1.00 e. The normalized spacial score (nSPS) is 15.4. The molecule has 0 aliphatic carbocycles. The van der Waals surface area contributed by atoms with Gasteiger partial charge in [-0.1, -0.05) is 11.6 Å². The van der Waals surface area contributed by atoms with Crippen molar-refractivity contribution >= 4 is 70.9 Å². The van der Waals surface area contributed by atoms with Gasteiger partial charge in [0.1, 0.15) is 15.8 Å². The molecule has 0 fully saturated rings. The number of hydrogen-bond acceptors (Lipinski definition) is 15. The van der Waals surface area contributed by atoms with Crippen LogP contribution in [0.4, 0.5) is 11.4 Å². The van der Waals surface area contributed by atoms with Gasteiger partial charge in [-0.2, -0.15) is 20.3 Å². The number of sulfone groups is 1. The summed E-state index contributed by atoms with van der Waals surface area (Å²) in [4.78, 5) is 22.8. The maximum Gasteiger partial charge on any atom is 1.00 e. The number of benzene rings is 2. The molecule has 0 bridgehead atoms. The second kappa shape index (κ2) is 16.3. The first-order valence-corrected chi connectivity index (χ1v) is 14.9. The number of carbonyl (C=O) groups excluding carboxylic acids is 2. The molecule has 0 radical (unpaired) electrons. The molecule has 210 valence electrons. The zero-order chi connectivity index (χ0) is 29.3. The Morgan fingerprint density at radius 1 is 1.05 bits per heavy atom. The van der Waals surface area contributed by atoms with Gasteiger partial charge in [0.05, 0.1) is 44.5 Å². The van der Waals surface area contributed by atoms with Crippen LogP contribution in [0.1, 0.15) is 17.3 Å². The molecule has 1 heterocycles. The first kappa shape index (κ1) is 41.7. The standard InChI is InChI=1S/C19H17ClN4O12S3.3Na/c1-10-17(22-21-15-8-13(19(26)27)14(20)9-16(15)38(30,31)32)18(25)24(23-10)11-2-4-12(5-3-11)37(28,29)7-6-36-39(33,34)35;;;/h2-5,8-9,17H,6-7H2,1H3,(H,26,27)(H,30,31,32)(H,33,34,35);;;/q;3*+1/p-3. The smallest absolute Gasteiger partial charge is 0.744 e. The molecule has 16 nitrogen and oxygen atoms in total.